The zero-order valence-electron chi connectivity index (χ0n) is 6.89. The van der Waals surface area contributed by atoms with E-state index >= 15 is 0 Å². The fourth-order valence-electron chi connectivity index (χ4n) is 1.10. The van der Waals surface area contributed by atoms with Gasteiger partial charge in [0.1, 0.15) is 5.52 Å². The summed E-state index contributed by atoms with van der Waals surface area (Å²) < 4.78 is 0. The van der Waals surface area contributed by atoms with Crippen LogP contribution in [-0.4, -0.2) is 25.4 Å². The number of hydrogen-bond acceptors (Lipinski definition) is 5. The van der Waals surface area contributed by atoms with Crippen molar-refractivity contribution in [2.24, 2.45) is 0 Å². The Morgan fingerprint density at radius 2 is 1.77 bits per heavy atom. The van der Waals surface area contributed by atoms with Gasteiger partial charge in [0.05, 0.1) is 5.39 Å². The Labute approximate surface area is 73.7 Å². The summed E-state index contributed by atoms with van der Waals surface area (Å²) in [7, 11) is 0. The van der Waals surface area contributed by atoms with E-state index in [0.717, 1.165) is 5.69 Å². The van der Waals surface area contributed by atoms with Crippen molar-refractivity contribution in [2.75, 3.05) is 0 Å². The van der Waals surface area contributed by atoms with Gasteiger partial charge in [-0.05, 0) is 19.1 Å². The van der Waals surface area contributed by atoms with Crippen LogP contribution in [0.25, 0.3) is 10.9 Å². The number of fused-ring (bicyclic) bond motifs is 1. The van der Waals surface area contributed by atoms with E-state index < -0.39 is 0 Å². The van der Waals surface area contributed by atoms with Crippen molar-refractivity contribution in [3.63, 3.8) is 0 Å². The maximum Gasteiger partial charge on any atom is 0.258 e. The van der Waals surface area contributed by atoms with Crippen LogP contribution >= 0.6 is 0 Å². The van der Waals surface area contributed by atoms with Gasteiger partial charge in [0.15, 0.2) is 0 Å². The molecule has 0 aromatic carbocycles. The molecule has 2 aromatic heterocycles. The van der Waals surface area contributed by atoms with Crippen molar-refractivity contribution in [1.82, 2.24) is 15.2 Å². The van der Waals surface area contributed by atoms with Crippen LogP contribution < -0.4 is 0 Å². The molecule has 0 bridgehead atoms. The zero-order valence-corrected chi connectivity index (χ0v) is 6.89. The first-order valence-electron chi connectivity index (χ1n) is 3.70. The molecule has 66 valence electrons. The average Bonchev–Trinajstić information content (AvgIpc) is 2.12. The summed E-state index contributed by atoms with van der Waals surface area (Å²) in [5.74, 6) is -0.489. The van der Waals surface area contributed by atoms with E-state index in [0.29, 0.717) is 5.39 Å². The van der Waals surface area contributed by atoms with E-state index in [1.165, 1.54) is 0 Å². The second-order valence-corrected chi connectivity index (χ2v) is 2.70. The van der Waals surface area contributed by atoms with Crippen LogP contribution in [0.4, 0.5) is 0 Å². The highest BCUT2D eigenvalue weighted by atomic mass is 16.3. The van der Waals surface area contributed by atoms with Crippen LogP contribution in [0.2, 0.25) is 0 Å². The smallest absolute Gasteiger partial charge is 0.258 e. The molecule has 2 N–H and O–H groups in total. The molecular formula is C8H7N3O2. The van der Waals surface area contributed by atoms with E-state index in [9.17, 15) is 10.2 Å². The normalized spacial score (nSPS) is 10.5. The van der Waals surface area contributed by atoms with Gasteiger partial charge >= 0.3 is 0 Å². The van der Waals surface area contributed by atoms with Crippen molar-refractivity contribution in [3.8, 4) is 11.8 Å². The Bertz CT molecular complexity index is 470. The summed E-state index contributed by atoms with van der Waals surface area (Å²) in [6, 6.07) is 3.37. The van der Waals surface area contributed by atoms with Gasteiger partial charge in [0, 0.05) is 5.69 Å². The second-order valence-electron chi connectivity index (χ2n) is 2.70. The number of nitrogens with zero attached hydrogens (tertiary/aromatic N) is 3. The summed E-state index contributed by atoms with van der Waals surface area (Å²) in [5, 5.41) is 25.6. The Balaban J connectivity index is 2.92. The fourth-order valence-corrected chi connectivity index (χ4v) is 1.10. The van der Waals surface area contributed by atoms with E-state index in [1.807, 2.05) is 0 Å². The SMILES string of the molecule is Cc1ccc2c(O)nnc(O)c2n1. The van der Waals surface area contributed by atoms with Gasteiger partial charge in [-0.3, -0.25) is 0 Å². The average molecular weight is 177 g/mol. The molecule has 0 spiro atoms. The van der Waals surface area contributed by atoms with E-state index in [1.54, 1.807) is 19.1 Å². The first-order valence-corrected chi connectivity index (χ1v) is 3.70. The largest absolute Gasteiger partial charge is 0.492 e. The molecule has 0 saturated heterocycles. The maximum atomic E-state index is 9.27. The lowest BCUT2D eigenvalue weighted by molar-refractivity contribution is 0.423. The Morgan fingerprint density at radius 1 is 1.08 bits per heavy atom. The molecule has 0 aliphatic rings. The van der Waals surface area contributed by atoms with Crippen molar-refractivity contribution in [2.45, 2.75) is 6.92 Å². The molecule has 2 aromatic rings. The van der Waals surface area contributed by atoms with E-state index in [4.69, 9.17) is 0 Å². The van der Waals surface area contributed by atoms with Crippen molar-refractivity contribution in [3.05, 3.63) is 17.8 Å². The molecule has 0 radical (unpaired) electrons. The number of pyridine rings is 1. The minimum absolute atomic E-state index is 0.222. The summed E-state index contributed by atoms with van der Waals surface area (Å²) in [6.07, 6.45) is 0. The van der Waals surface area contributed by atoms with Gasteiger partial charge in [-0.15, -0.1) is 10.2 Å². The first-order chi connectivity index (χ1) is 6.18. The second kappa shape index (κ2) is 2.55. The third-order valence-electron chi connectivity index (χ3n) is 1.73. The topological polar surface area (TPSA) is 79.1 Å². The summed E-state index contributed by atoms with van der Waals surface area (Å²) in [5.41, 5.74) is 1.02. The third-order valence-corrected chi connectivity index (χ3v) is 1.73. The van der Waals surface area contributed by atoms with E-state index in [-0.39, 0.29) is 17.3 Å². The predicted molar refractivity (Wildman–Crippen MR) is 45.4 cm³/mol. The summed E-state index contributed by atoms with van der Waals surface area (Å²) >= 11 is 0. The van der Waals surface area contributed by atoms with Gasteiger partial charge in [0.2, 0.25) is 5.88 Å². The molecule has 0 aliphatic heterocycles. The molecule has 0 saturated carbocycles. The standard InChI is InChI=1S/C8H7N3O2/c1-4-2-3-5-6(9-4)8(13)11-10-7(5)12/h2-3H,1H3,(H,10,12)(H,11,13). The molecule has 0 amide bonds. The Kier molecular flexibility index (Phi) is 1.51. The number of aryl methyl sites for hydroxylation is 1. The quantitative estimate of drug-likeness (QED) is 0.620. The number of aromatic nitrogens is 3. The van der Waals surface area contributed by atoms with Crippen LogP contribution in [0.15, 0.2) is 12.1 Å². The lowest BCUT2D eigenvalue weighted by Gasteiger charge is -2.00. The van der Waals surface area contributed by atoms with Gasteiger partial charge in [-0.1, -0.05) is 0 Å². The monoisotopic (exact) mass is 177 g/mol. The Hall–Kier alpha value is -1.91. The molecule has 0 unspecified atom stereocenters. The number of rotatable bonds is 0. The van der Waals surface area contributed by atoms with Gasteiger partial charge in [-0.2, -0.15) is 0 Å². The van der Waals surface area contributed by atoms with E-state index in [2.05, 4.69) is 15.2 Å². The van der Waals surface area contributed by atoms with Crippen molar-refractivity contribution in [1.29, 1.82) is 0 Å². The molecule has 5 heteroatoms. The van der Waals surface area contributed by atoms with Crippen molar-refractivity contribution < 1.29 is 10.2 Å². The molecule has 5 nitrogen and oxygen atoms in total. The molecule has 0 fully saturated rings. The minimum atomic E-state index is -0.267. The third kappa shape index (κ3) is 1.14. The van der Waals surface area contributed by atoms with Crippen LogP contribution in [0.3, 0.4) is 0 Å². The van der Waals surface area contributed by atoms with Crippen LogP contribution in [0.1, 0.15) is 5.69 Å². The zero-order chi connectivity index (χ0) is 9.42. The molecule has 13 heavy (non-hydrogen) atoms. The predicted octanol–water partition coefficient (Wildman–Crippen LogP) is 0.744. The fraction of sp³-hybridized carbons (Fsp3) is 0.125. The maximum absolute atomic E-state index is 9.27. The highest BCUT2D eigenvalue weighted by Crippen LogP contribution is 2.25. The van der Waals surface area contributed by atoms with Gasteiger partial charge in [0.25, 0.3) is 5.88 Å². The summed E-state index contributed by atoms with van der Waals surface area (Å²) in [6.45, 7) is 1.79. The lowest BCUT2D eigenvalue weighted by Crippen LogP contribution is -1.89. The molecule has 0 aliphatic carbocycles. The first kappa shape index (κ1) is 7.72. The molecule has 2 heterocycles. The minimum Gasteiger partial charge on any atom is -0.492 e. The highest BCUT2D eigenvalue weighted by molar-refractivity contribution is 5.86. The van der Waals surface area contributed by atoms with Crippen LogP contribution in [0, 0.1) is 6.92 Å². The highest BCUT2D eigenvalue weighted by Gasteiger charge is 2.08. The Morgan fingerprint density at radius 3 is 2.54 bits per heavy atom. The summed E-state index contributed by atoms with van der Waals surface area (Å²) in [4.78, 5) is 4.02. The van der Waals surface area contributed by atoms with Crippen LogP contribution in [0.5, 0.6) is 11.8 Å². The molecular weight excluding hydrogens is 170 g/mol. The lowest BCUT2D eigenvalue weighted by atomic mass is 10.2. The number of hydrogen-bond donors (Lipinski definition) is 2. The molecule has 0 atom stereocenters. The van der Waals surface area contributed by atoms with Gasteiger partial charge in [-0.25, -0.2) is 4.98 Å². The number of aromatic hydroxyl groups is 2. The van der Waals surface area contributed by atoms with Crippen molar-refractivity contribution >= 4 is 10.9 Å². The molecule has 2 rings (SSSR count). The van der Waals surface area contributed by atoms with Crippen LogP contribution in [-0.2, 0) is 0 Å². The van der Waals surface area contributed by atoms with Gasteiger partial charge < -0.3 is 10.2 Å².